The predicted octanol–water partition coefficient (Wildman–Crippen LogP) is 2.01. The molecular weight excluding hydrogens is 320 g/mol. The summed E-state index contributed by atoms with van der Waals surface area (Å²) in [5.41, 5.74) is 2.11. The molecule has 0 bridgehead atoms. The van der Waals surface area contributed by atoms with Crippen LogP contribution in [-0.2, 0) is 0 Å². The van der Waals surface area contributed by atoms with Crippen molar-refractivity contribution in [3.05, 3.63) is 28.2 Å². The van der Waals surface area contributed by atoms with Crippen LogP contribution >= 0.6 is 15.9 Å². The smallest absolute Gasteiger partial charge is 0.0772 e. The van der Waals surface area contributed by atoms with Crippen molar-refractivity contribution in [1.82, 2.24) is 4.90 Å². The van der Waals surface area contributed by atoms with Crippen LogP contribution in [0.3, 0.4) is 0 Å². The minimum Gasteiger partial charge on any atom is -0.395 e. The summed E-state index contributed by atoms with van der Waals surface area (Å²) in [5, 5.41) is 18.7. The number of β-amino-alcohol motifs (C(OH)–C–C–N with tert-alkyl or cyclic N) is 1. The Morgan fingerprint density at radius 2 is 2.05 bits per heavy atom. The fourth-order valence-corrected chi connectivity index (χ4v) is 3.34. The maximum absolute atomic E-state index is 9.67. The average Bonchev–Trinajstić information content (AvgIpc) is 2.64. The highest BCUT2D eigenvalue weighted by Crippen LogP contribution is 2.28. The van der Waals surface area contributed by atoms with Crippen molar-refractivity contribution in [3.63, 3.8) is 0 Å². The maximum atomic E-state index is 9.67. The first-order chi connectivity index (χ1) is 9.61. The standard InChI is InChI=1S/C15H23BrN2O2/c1-12(20)14-4-3-13(11-15(14)16)18-6-2-5-17(7-8-18)9-10-19/h3-4,11-12,19-20H,2,5-10H2,1H3. The number of hydrogen-bond acceptors (Lipinski definition) is 4. The highest BCUT2D eigenvalue weighted by molar-refractivity contribution is 9.10. The Bertz CT molecular complexity index is 440. The van der Waals surface area contributed by atoms with Crippen molar-refractivity contribution in [2.24, 2.45) is 0 Å². The largest absolute Gasteiger partial charge is 0.395 e. The van der Waals surface area contributed by atoms with Crippen molar-refractivity contribution in [2.45, 2.75) is 19.4 Å². The molecule has 2 rings (SSSR count). The summed E-state index contributed by atoms with van der Waals surface area (Å²) in [7, 11) is 0. The first kappa shape index (κ1) is 15.8. The summed E-state index contributed by atoms with van der Waals surface area (Å²) in [5.74, 6) is 0. The lowest BCUT2D eigenvalue weighted by Crippen LogP contribution is -2.32. The van der Waals surface area contributed by atoms with Crippen LogP contribution in [0.5, 0.6) is 0 Å². The predicted molar refractivity (Wildman–Crippen MR) is 85.1 cm³/mol. The van der Waals surface area contributed by atoms with Gasteiger partial charge in [0.15, 0.2) is 0 Å². The minimum atomic E-state index is -0.456. The molecule has 1 aliphatic heterocycles. The highest BCUT2D eigenvalue weighted by Gasteiger charge is 2.16. The van der Waals surface area contributed by atoms with Gasteiger partial charge in [-0.2, -0.15) is 0 Å². The molecule has 0 radical (unpaired) electrons. The normalized spacial score (nSPS) is 18.9. The Balaban J connectivity index is 2.06. The Kier molecular flexibility index (Phi) is 5.84. The van der Waals surface area contributed by atoms with Crippen LogP contribution < -0.4 is 4.90 Å². The summed E-state index contributed by atoms with van der Waals surface area (Å²) >= 11 is 3.54. The lowest BCUT2D eigenvalue weighted by molar-refractivity contribution is 0.198. The van der Waals surface area contributed by atoms with Gasteiger partial charge in [0.25, 0.3) is 0 Å². The van der Waals surface area contributed by atoms with E-state index < -0.39 is 6.10 Å². The summed E-state index contributed by atoms with van der Waals surface area (Å²) in [6, 6.07) is 6.15. The third-order valence-corrected chi connectivity index (χ3v) is 4.49. The zero-order valence-corrected chi connectivity index (χ0v) is 13.5. The van der Waals surface area contributed by atoms with Crippen molar-refractivity contribution in [1.29, 1.82) is 0 Å². The molecule has 0 spiro atoms. The van der Waals surface area contributed by atoms with Gasteiger partial charge < -0.3 is 15.1 Å². The maximum Gasteiger partial charge on any atom is 0.0772 e. The molecule has 2 N–H and O–H groups in total. The van der Waals surface area contributed by atoms with Crippen LogP contribution in [0.1, 0.15) is 25.0 Å². The van der Waals surface area contributed by atoms with Crippen molar-refractivity contribution in [3.8, 4) is 0 Å². The molecular formula is C15H23BrN2O2. The van der Waals surface area contributed by atoms with E-state index in [1.54, 1.807) is 6.92 Å². The van der Waals surface area contributed by atoms with Gasteiger partial charge in [0.1, 0.15) is 0 Å². The lowest BCUT2D eigenvalue weighted by Gasteiger charge is -2.24. The van der Waals surface area contributed by atoms with E-state index in [1.807, 2.05) is 6.07 Å². The van der Waals surface area contributed by atoms with E-state index in [1.165, 1.54) is 5.69 Å². The summed E-state index contributed by atoms with van der Waals surface area (Å²) in [6.07, 6.45) is 0.651. The molecule has 4 nitrogen and oxygen atoms in total. The van der Waals surface area contributed by atoms with Gasteiger partial charge in [-0.3, -0.25) is 4.90 Å². The molecule has 1 heterocycles. The molecule has 0 aliphatic carbocycles. The fourth-order valence-electron chi connectivity index (χ4n) is 2.65. The van der Waals surface area contributed by atoms with Crippen molar-refractivity contribution in [2.75, 3.05) is 44.2 Å². The number of nitrogens with zero attached hydrogens (tertiary/aromatic N) is 2. The lowest BCUT2D eigenvalue weighted by atomic mass is 10.1. The van der Waals surface area contributed by atoms with Crippen LogP contribution in [0.4, 0.5) is 5.69 Å². The molecule has 0 aromatic heterocycles. The number of rotatable bonds is 4. The number of anilines is 1. The number of hydrogen-bond donors (Lipinski definition) is 2. The summed E-state index contributed by atoms with van der Waals surface area (Å²) in [6.45, 7) is 6.80. The van der Waals surface area contributed by atoms with E-state index in [2.05, 4.69) is 37.9 Å². The Labute approximate surface area is 129 Å². The average molecular weight is 343 g/mol. The van der Waals surface area contributed by atoms with Crippen molar-refractivity contribution >= 4 is 21.6 Å². The zero-order valence-electron chi connectivity index (χ0n) is 11.9. The van der Waals surface area contributed by atoms with Crippen LogP contribution in [0, 0.1) is 0 Å². The minimum absolute atomic E-state index is 0.231. The molecule has 112 valence electrons. The highest BCUT2D eigenvalue weighted by atomic mass is 79.9. The Morgan fingerprint density at radius 3 is 2.70 bits per heavy atom. The van der Waals surface area contributed by atoms with E-state index in [-0.39, 0.29) is 6.61 Å². The van der Waals surface area contributed by atoms with E-state index >= 15 is 0 Å². The Morgan fingerprint density at radius 1 is 1.25 bits per heavy atom. The molecule has 1 atom stereocenters. The molecule has 0 amide bonds. The van der Waals surface area contributed by atoms with Gasteiger partial charge in [-0.1, -0.05) is 22.0 Å². The summed E-state index contributed by atoms with van der Waals surface area (Å²) in [4.78, 5) is 4.67. The van der Waals surface area contributed by atoms with Gasteiger partial charge >= 0.3 is 0 Å². The van der Waals surface area contributed by atoms with Gasteiger partial charge in [0.05, 0.1) is 12.7 Å². The van der Waals surface area contributed by atoms with Crippen LogP contribution in [0.25, 0.3) is 0 Å². The molecule has 0 saturated carbocycles. The Hall–Kier alpha value is -0.620. The molecule has 1 aliphatic rings. The third kappa shape index (κ3) is 3.95. The molecule has 1 aromatic rings. The van der Waals surface area contributed by atoms with Gasteiger partial charge in [0, 0.05) is 36.3 Å². The molecule has 1 saturated heterocycles. The molecule has 1 fully saturated rings. The number of benzene rings is 1. The van der Waals surface area contributed by atoms with Crippen molar-refractivity contribution < 1.29 is 10.2 Å². The fraction of sp³-hybridized carbons (Fsp3) is 0.600. The topological polar surface area (TPSA) is 46.9 Å². The molecule has 20 heavy (non-hydrogen) atoms. The van der Waals surface area contributed by atoms with E-state index in [4.69, 9.17) is 5.11 Å². The van der Waals surface area contributed by atoms with Crippen LogP contribution in [-0.4, -0.2) is 54.4 Å². The second-order valence-corrected chi connectivity index (χ2v) is 6.14. The third-order valence-electron chi connectivity index (χ3n) is 3.80. The summed E-state index contributed by atoms with van der Waals surface area (Å²) < 4.78 is 0.960. The first-order valence-electron chi connectivity index (χ1n) is 7.17. The zero-order chi connectivity index (χ0) is 14.5. The van der Waals surface area contributed by atoms with Gasteiger partial charge in [-0.05, 0) is 37.6 Å². The van der Waals surface area contributed by atoms with E-state index in [0.29, 0.717) is 0 Å². The van der Waals surface area contributed by atoms with Crippen LogP contribution in [0.15, 0.2) is 22.7 Å². The molecule has 1 aromatic carbocycles. The number of aliphatic hydroxyl groups excluding tert-OH is 2. The van der Waals surface area contributed by atoms with E-state index in [9.17, 15) is 5.11 Å². The van der Waals surface area contributed by atoms with Gasteiger partial charge in [-0.25, -0.2) is 0 Å². The molecule has 1 unspecified atom stereocenters. The number of halogens is 1. The first-order valence-corrected chi connectivity index (χ1v) is 7.97. The monoisotopic (exact) mass is 342 g/mol. The SMILES string of the molecule is CC(O)c1ccc(N2CCCN(CCO)CC2)cc1Br. The second-order valence-electron chi connectivity index (χ2n) is 5.29. The van der Waals surface area contributed by atoms with Crippen LogP contribution in [0.2, 0.25) is 0 Å². The van der Waals surface area contributed by atoms with Gasteiger partial charge in [-0.15, -0.1) is 0 Å². The molecule has 5 heteroatoms. The van der Waals surface area contributed by atoms with Gasteiger partial charge in [0.2, 0.25) is 0 Å². The van der Waals surface area contributed by atoms with E-state index in [0.717, 1.165) is 49.2 Å². The quantitative estimate of drug-likeness (QED) is 0.878. The second kappa shape index (κ2) is 7.41. The number of aliphatic hydroxyl groups is 2.